The second kappa shape index (κ2) is 7.91. The zero-order valence-corrected chi connectivity index (χ0v) is 16.7. The summed E-state index contributed by atoms with van der Waals surface area (Å²) in [5.74, 6) is 0.409. The van der Waals surface area contributed by atoms with Gasteiger partial charge in [0, 0.05) is 17.2 Å². The maximum absolute atomic E-state index is 12.6. The summed E-state index contributed by atoms with van der Waals surface area (Å²) in [4.78, 5) is 17.2. The van der Waals surface area contributed by atoms with Gasteiger partial charge in [-0.2, -0.15) is 0 Å². The highest BCUT2D eigenvalue weighted by molar-refractivity contribution is 6.00. The lowest BCUT2D eigenvalue weighted by atomic mass is 10.1. The molecule has 2 aromatic carbocycles. The third-order valence-corrected chi connectivity index (χ3v) is 5.10. The molecule has 2 heterocycles. The number of carbonyl (C=O) groups excluding carboxylic acids is 1. The number of aryl methyl sites for hydroxylation is 1. The minimum absolute atomic E-state index is 0.103. The Morgan fingerprint density at radius 2 is 1.86 bits per heavy atom. The Labute approximate surface area is 168 Å². The van der Waals surface area contributed by atoms with E-state index in [2.05, 4.69) is 29.3 Å². The van der Waals surface area contributed by atoms with E-state index in [0.717, 1.165) is 23.8 Å². The van der Waals surface area contributed by atoms with Crippen LogP contribution in [0.4, 0.5) is 0 Å². The average Bonchev–Trinajstić information content (AvgIpc) is 3.38. The second-order valence-electron chi connectivity index (χ2n) is 7.13. The smallest absolute Gasteiger partial charge is 0.251 e. The molecule has 29 heavy (non-hydrogen) atoms. The SMILES string of the molecule is CCC(CC)NC(=O)c1ccc2onc(-c3coc(-c4ccc(C)cc4)n3)c2c1. The Hall–Kier alpha value is -3.41. The monoisotopic (exact) mass is 389 g/mol. The molecule has 0 fully saturated rings. The van der Waals surface area contributed by atoms with Crippen LogP contribution in [0.25, 0.3) is 33.8 Å². The molecule has 6 heteroatoms. The Morgan fingerprint density at radius 1 is 1.10 bits per heavy atom. The zero-order valence-electron chi connectivity index (χ0n) is 16.7. The minimum atomic E-state index is -0.103. The van der Waals surface area contributed by atoms with Crippen molar-refractivity contribution in [2.75, 3.05) is 0 Å². The number of amides is 1. The molecule has 0 radical (unpaired) electrons. The first-order valence-corrected chi connectivity index (χ1v) is 9.82. The molecule has 6 nitrogen and oxygen atoms in total. The predicted octanol–water partition coefficient (Wildman–Crippen LogP) is 5.38. The van der Waals surface area contributed by atoms with Crippen LogP contribution in [-0.4, -0.2) is 22.1 Å². The molecule has 0 aliphatic heterocycles. The Bertz CT molecular complexity index is 1140. The van der Waals surface area contributed by atoms with E-state index < -0.39 is 0 Å². The summed E-state index contributed by atoms with van der Waals surface area (Å²) in [6.07, 6.45) is 3.34. The molecule has 0 aliphatic rings. The van der Waals surface area contributed by atoms with Crippen LogP contribution in [0, 0.1) is 6.92 Å². The summed E-state index contributed by atoms with van der Waals surface area (Å²) in [7, 11) is 0. The number of fused-ring (bicyclic) bond motifs is 1. The lowest BCUT2D eigenvalue weighted by Gasteiger charge is -2.14. The highest BCUT2D eigenvalue weighted by atomic mass is 16.5. The van der Waals surface area contributed by atoms with E-state index in [9.17, 15) is 4.79 Å². The highest BCUT2D eigenvalue weighted by Gasteiger charge is 2.18. The number of hydrogen-bond acceptors (Lipinski definition) is 5. The molecule has 0 aliphatic carbocycles. The zero-order chi connectivity index (χ0) is 20.4. The van der Waals surface area contributed by atoms with E-state index in [1.807, 2.05) is 31.2 Å². The number of nitrogens with zero attached hydrogens (tertiary/aromatic N) is 2. The fourth-order valence-electron chi connectivity index (χ4n) is 3.24. The summed E-state index contributed by atoms with van der Waals surface area (Å²) in [5.41, 5.74) is 4.34. The number of carbonyl (C=O) groups is 1. The van der Waals surface area contributed by atoms with Crippen molar-refractivity contribution in [3.8, 4) is 22.8 Å². The topological polar surface area (TPSA) is 81.2 Å². The van der Waals surface area contributed by atoms with Crippen molar-refractivity contribution in [3.05, 3.63) is 59.9 Å². The molecule has 1 N–H and O–H groups in total. The van der Waals surface area contributed by atoms with Crippen molar-refractivity contribution in [2.24, 2.45) is 0 Å². The van der Waals surface area contributed by atoms with Crippen LogP contribution >= 0.6 is 0 Å². The van der Waals surface area contributed by atoms with Crippen molar-refractivity contribution in [1.29, 1.82) is 0 Å². The van der Waals surface area contributed by atoms with Gasteiger partial charge in [-0.3, -0.25) is 4.79 Å². The third kappa shape index (κ3) is 3.78. The summed E-state index contributed by atoms with van der Waals surface area (Å²) in [5, 5.41) is 7.93. The number of nitrogens with one attached hydrogen (secondary N) is 1. The van der Waals surface area contributed by atoms with Gasteiger partial charge in [0.25, 0.3) is 5.91 Å². The Kier molecular flexibility index (Phi) is 5.16. The maximum atomic E-state index is 12.6. The predicted molar refractivity (Wildman–Crippen MR) is 112 cm³/mol. The van der Waals surface area contributed by atoms with Crippen LogP contribution in [0.5, 0.6) is 0 Å². The fourth-order valence-corrected chi connectivity index (χ4v) is 3.24. The van der Waals surface area contributed by atoms with Gasteiger partial charge in [-0.1, -0.05) is 36.7 Å². The van der Waals surface area contributed by atoms with Gasteiger partial charge in [-0.25, -0.2) is 4.98 Å². The van der Waals surface area contributed by atoms with Crippen molar-refractivity contribution in [3.63, 3.8) is 0 Å². The van der Waals surface area contributed by atoms with Gasteiger partial charge >= 0.3 is 0 Å². The third-order valence-electron chi connectivity index (χ3n) is 5.10. The first kappa shape index (κ1) is 18.9. The van der Waals surface area contributed by atoms with Gasteiger partial charge in [-0.05, 0) is 50.1 Å². The number of oxazole rings is 1. The molecular weight excluding hydrogens is 366 g/mol. The second-order valence-corrected chi connectivity index (χ2v) is 7.13. The first-order valence-electron chi connectivity index (χ1n) is 9.82. The first-order chi connectivity index (χ1) is 14.1. The fraction of sp³-hybridized carbons (Fsp3) is 0.261. The van der Waals surface area contributed by atoms with Gasteiger partial charge in [0.05, 0.1) is 5.39 Å². The van der Waals surface area contributed by atoms with E-state index in [0.29, 0.717) is 28.4 Å². The van der Waals surface area contributed by atoms with Crippen LogP contribution in [0.3, 0.4) is 0 Å². The van der Waals surface area contributed by atoms with Crippen LogP contribution in [0.15, 0.2) is 57.7 Å². The van der Waals surface area contributed by atoms with Gasteiger partial charge < -0.3 is 14.3 Å². The van der Waals surface area contributed by atoms with Crippen LogP contribution in [0.2, 0.25) is 0 Å². The molecule has 0 bridgehead atoms. The largest absolute Gasteiger partial charge is 0.444 e. The van der Waals surface area contributed by atoms with Crippen molar-refractivity contribution >= 4 is 16.9 Å². The van der Waals surface area contributed by atoms with E-state index in [1.54, 1.807) is 24.5 Å². The van der Waals surface area contributed by atoms with Gasteiger partial charge in [-0.15, -0.1) is 0 Å². The lowest BCUT2D eigenvalue weighted by molar-refractivity contribution is 0.0935. The van der Waals surface area contributed by atoms with Crippen LogP contribution < -0.4 is 5.32 Å². The maximum Gasteiger partial charge on any atom is 0.251 e. The normalized spacial score (nSPS) is 11.3. The molecule has 4 aromatic rings. The molecule has 4 rings (SSSR count). The molecule has 0 saturated heterocycles. The quantitative estimate of drug-likeness (QED) is 0.479. The van der Waals surface area contributed by atoms with Crippen molar-refractivity contribution < 1.29 is 13.7 Å². The standard InChI is InChI=1S/C23H23N3O3/c1-4-17(5-2)24-22(27)16-10-11-20-18(12-16)21(26-29-20)19-13-28-23(25-19)15-8-6-14(3)7-9-15/h6-13,17H,4-5H2,1-3H3,(H,24,27). The summed E-state index contributed by atoms with van der Waals surface area (Å²) in [6, 6.07) is 13.4. The lowest BCUT2D eigenvalue weighted by Crippen LogP contribution is -2.33. The highest BCUT2D eigenvalue weighted by Crippen LogP contribution is 2.30. The number of benzene rings is 2. The van der Waals surface area contributed by atoms with E-state index in [4.69, 9.17) is 8.94 Å². The van der Waals surface area contributed by atoms with E-state index in [1.165, 1.54) is 5.56 Å². The molecule has 0 saturated carbocycles. The molecule has 1 amide bonds. The average molecular weight is 389 g/mol. The summed E-state index contributed by atoms with van der Waals surface area (Å²) in [6.45, 7) is 6.15. The number of hydrogen-bond donors (Lipinski definition) is 1. The van der Waals surface area contributed by atoms with Crippen LogP contribution in [-0.2, 0) is 0 Å². The van der Waals surface area contributed by atoms with Gasteiger partial charge in [0.1, 0.15) is 17.7 Å². The van der Waals surface area contributed by atoms with Gasteiger partial charge in [0.2, 0.25) is 5.89 Å². The van der Waals surface area contributed by atoms with E-state index >= 15 is 0 Å². The van der Waals surface area contributed by atoms with Crippen molar-refractivity contribution in [1.82, 2.24) is 15.5 Å². The summed E-state index contributed by atoms with van der Waals surface area (Å²) >= 11 is 0. The number of rotatable bonds is 6. The summed E-state index contributed by atoms with van der Waals surface area (Å²) < 4.78 is 11.1. The molecule has 0 atom stereocenters. The Balaban J connectivity index is 1.66. The minimum Gasteiger partial charge on any atom is -0.444 e. The molecule has 0 spiro atoms. The van der Waals surface area contributed by atoms with Crippen LogP contribution in [0.1, 0.15) is 42.6 Å². The molecular formula is C23H23N3O3. The van der Waals surface area contributed by atoms with Crippen molar-refractivity contribution in [2.45, 2.75) is 39.7 Å². The molecule has 148 valence electrons. The molecule has 2 aromatic heterocycles. The Morgan fingerprint density at radius 3 is 2.59 bits per heavy atom. The van der Waals surface area contributed by atoms with E-state index in [-0.39, 0.29) is 11.9 Å². The van der Waals surface area contributed by atoms with Gasteiger partial charge in [0.15, 0.2) is 5.58 Å². The number of aromatic nitrogens is 2. The molecule has 0 unspecified atom stereocenters.